The van der Waals surface area contributed by atoms with E-state index in [1.54, 1.807) is 17.8 Å². The number of rotatable bonds is 36. The minimum atomic E-state index is -1.78. The first-order chi connectivity index (χ1) is 25.2. The van der Waals surface area contributed by atoms with E-state index in [1.165, 1.54) is 77.0 Å². The van der Waals surface area contributed by atoms with Crippen molar-refractivity contribution < 1.29 is 24.2 Å². The lowest BCUT2D eigenvalue weighted by Crippen LogP contribution is -2.36. The molecule has 2 N–H and O–H groups in total. The molecule has 0 aromatic heterocycles. The van der Waals surface area contributed by atoms with E-state index in [0.29, 0.717) is 0 Å². The monoisotopic (exact) mass is 766 g/mol. The standard InChI is InChI=1S/C29H53NO3Si.C15H30O2S/c1-6-9-11-13-16-22-29(32-27-8-3)33-34(4,5)28-21-15-14-18-24-30(25-19-20-26-31)23-17-12-10-7-2;1-3-5-7-8-9-10-12-14(15(16)17)18-13-11-6-4-2/h7,10,12,14-15,17-18,23-24,29,31H,2,6,8-9,11,13,16,19-22,25-28H2,1,3-5H3;14H,3-13H2,1-2H3,(H,16,17). The Labute approximate surface area is 327 Å². The van der Waals surface area contributed by atoms with E-state index in [-0.39, 0.29) is 18.1 Å². The molecule has 0 radical (unpaired) electrons. The molecule has 0 rings (SSSR count). The summed E-state index contributed by atoms with van der Waals surface area (Å²) in [7, 11) is -1.78. The molecule has 8 heteroatoms. The molecule has 0 saturated heterocycles. The summed E-state index contributed by atoms with van der Waals surface area (Å²) < 4.78 is 12.6. The summed E-state index contributed by atoms with van der Waals surface area (Å²) in [6.07, 6.45) is 41.2. The average Bonchev–Trinajstić information content (AvgIpc) is 3.12. The van der Waals surface area contributed by atoms with Gasteiger partial charge in [0.25, 0.3) is 0 Å². The van der Waals surface area contributed by atoms with Gasteiger partial charge >= 0.3 is 5.97 Å². The van der Waals surface area contributed by atoms with Crippen LogP contribution in [0.5, 0.6) is 0 Å². The molecule has 0 aliphatic rings. The number of aliphatic hydroxyl groups is 1. The van der Waals surface area contributed by atoms with Gasteiger partial charge in [0.15, 0.2) is 8.32 Å². The summed E-state index contributed by atoms with van der Waals surface area (Å²) in [4.78, 5) is 13.3. The molecule has 2 atom stereocenters. The van der Waals surface area contributed by atoms with Crippen LogP contribution >= 0.6 is 11.8 Å². The summed E-state index contributed by atoms with van der Waals surface area (Å²) >= 11 is 1.64. The van der Waals surface area contributed by atoms with Crippen molar-refractivity contribution in [3.8, 4) is 0 Å². The van der Waals surface area contributed by atoms with Crippen molar-refractivity contribution in [2.24, 2.45) is 0 Å². The quantitative estimate of drug-likeness (QED) is 0.0284. The van der Waals surface area contributed by atoms with Crippen molar-refractivity contribution in [1.29, 1.82) is 0 Å². The molecular formula is C44H83NO5SSi. The highest BCUT2D eigenvalue weighted by atomic mass is 32.2. The zero-order valence-electron chi connectivity index (χ0n) is 34.7. The molecule has 0 spiro atoms. The lowest BCUT2D eigenvalue weighted by molar-refractivity contribution is -0.136. The number of carboxylic acids is 1. The minimum absolute atomic E-state index is 0.0403. The molecule has 2 unspecified atom stereocenters. The molecule has 0 amide bonds. The van der Waals surface area contributed by atoms with Gasteiger partial charge in [0, 0.05) is 32.2 Å². The van der Waals surface area contributed by atoms with Gasteiger partial charge in [-0.05, 0) is 88.4 Å². The Morgan fingerprint density at radius 2 is 1.35 bits per heavy atom. The zero-order chi connectivity index (χ0) is 39.0. The van der Waals surface area contributed by atoms with Crippen LogP contribution in [0.25, 0.3) is 0 Å². The molecule has 0 heterocycles. The van der Waals surface area contributed by atoms with Crippen molar-refractivity contribution in [2.45, 2.75) is 187 Å². The highest BCUT2D eigenvalue weighted by Gasteiger charge is 2.26. The second-order valence-corrected chi connectivity index (χ2v) is 19.8. The number of aliphatic hydroxyl groups excluding tert-OH is 1. The molecule has 0 aromatic carbocycles. The Morgan fingerprint density at radius 3 is 1.94 bits per heavy atom. The van der Waals surface area contributed by atoms with Crippen LogP contribution in [0.2, 0.25) is 19.1 Å². The molecule has 0 aromatic rings. The van der Waals surface area contributed by atoms with Gasteiger partial charge in [0.05, 0.1) is 0 Å². The number of allylic oxidation sites excluding steroid dienone is 7. The molecule has 0 aliphatic carbocycles. The Kier molecular flexibility index (Phi) is 41.0. The first kappa shape index (κ1) is 52.5. The SMILES string of the molecule is C=CC=CC=CN(C=CC=CCC[Si](C)(C)OC(CCCCCCC)OCCC)CCCCO.CCCCCCCCC(SCCCCC)C(=O)O. The third kappa shape index (κ3) is 38.2. The second kappa shape index (κ2) is 40.6. The van der Waals surface area contributed by atoms with E-state index in [4.69, 9.17) is 19.4 Å². The fourth-order valence-corrected chi connectivity index (χ4v) is 8.40. The molecule has 0 saturated carbocycles. The number of nitrogens with zero attached hydrogens (tertiary/aromatic N) is 1. The van der Waals surface area contributed by atoms with E-state index in [9.17, 15) is 4.79 Å². The maximum atomic E-state index is 11.1. The van der Waals surface area contributed by atoms with Crippen molar-refractivity contribution in [3.63, 3.8) is 0 Å². The maximum Gasteiger partial charge on any atom is 0.316 e. The summed E-state index contributed by atoms with van der Waals surface area (Å²) in [6.45, 7) is 19.0. The maximum absolute atomic E-state index is 11.1. The number of hydrogen-bond acceptors (Lipinski definition) is 6. The van der Waals surface area contributed by atoms with Crippen molar-refractivity contribution >= 4 is 26.0 Å². The van der Waals surface area contributed by atoms with Crippen LogP contribution in [-0.4, -0.2) is 66.5 Å². The van der Waals surface area contributed by atoms with Crippen LogP contribution in [0, 0.1) is 0 Å². The van der Waals surface area contributed by atoms with Gasteiger partial charge < -0.3 is 24.3 Å². The van der Waals surface area contributed by atoms with Crippen LogP contribution in [-0.2, 0) is 14.0 Å². The van der Waals surface area contributed by atoms with E-state index in [1.807, 2.05) is 24.4 Å². The molecular weight excluding hydrogens is 683 g/mol. The lowest BCUT2D eigenvalue weighted by Gasteiger charge is -2.29. The molecule has 6 nitrogen and oxygen atoms in total. The second-order valence-electron chi connectivity index (χ2n) is 14.3. The van der Waals surface area contributed by atoms with Gasteiger partial charge in [-0.15, -0.1) is 11.8 Å². The average molecular weight is 766 g/mol. The highest BCUT2D eigenvalue weighted by molar-refractivity contribution is 8.00. The van der Waals surface area contributed by atoms with Crippen molar-refractivity contribution in [1.82, 2.24) is 4.90 Å². The third-order valence-electron chi connectivity index (χ3n) is 8.56. The smallest absolute Gasteiger partial charge is 0.316 e. The van der Waals surface area contributed by atoms with Gasteiger partial charge in [-0.2, -0.15) is 0 Å². The van der Waals surface area contributed by atoms with E-state index in [0.717, 1.165) is 76.3 Å². The largest absolute Gasteiger partial charge is 0.480 e. The number of unbranched alkanes of at least 4 members (excludes halogenated alkanes) is 12. The first-order valence-corrected chi connectivity index (χ1v) is 25.2. The van der Waals surface area contributed by atoms with Gasteiger partial charge in [-0.3, -0.25) is 4.79 Å². The predicted octanol–water partition coefficient (Wildman–Crippen LogP) is 13.2. The first-order valence-electron chi connectivity index (χ1n) is 21.0. The molecule has 0 aliphatic heterocycles. The van der Waals surface area contributed by atoms with Crippen LogP contribution in [0.1, 0.15) is 156 Å². The van der Waals surface area contributed by atoms with Crippen LogP contribution in [0.4, 0.5) is 0 Å². The van der Waals surface area contributed by atoms with Crippen molar-refractivity contribution in [2.75, 3.05) is 25.5 Å². The summed E-state index contributed by atoms with van der Waals surface area (Å²) in [6, 6.07) is 1.09. The van der Waals surface area contributed by atoms with Crippen molar-refractivity contribution in [3.05, 3.63) is 61.5 Å². The fraction of sp³-hybridized carbons (Fsp3) is 0.750. The van der Waals surface area contributed by atoms with Gasteiger partial charge in [-0.1, -0.05) is 142 Å². The number of thioether (sulfide) groups is 1. The summed E-state index contributed by atoms with van der Waals surface area (Å²) in [5.74, 6) is 0.380. The number of carbonyl (C=O) groups is 1. The van der Waals surface area contributed by atoms with Crippen LogP contribution < -0.4 is 0 Å². The van der Waals surface area contributed by atoms with Crippen LogP contribution in [0.15, 0.2) is 61.5 Å². The normalized spacial score (nSPS) is 13.3. The van der Waals surface area contributed by atoms with E-state index in [2.05, 4.69) is 76.7 Å². The Balaban J connectivity index is 0. The Morgan fingerprint density at radius 1 is 0.750 bits per heavy atom. The predicted molar refractivity (Wildman–Crippen MR) is 233 cm³/mol. The van der Waals surface area contributed by atoms with E-state index < -0.39 is 14.3 Å². The molecule has 0 fully saturated rings. The number of carboxylic acid groups (broad SMARTS) is 1. The minimum Gasteiger partial charge on any atom is -0.480 e. The fourth-order valence-electron chi connectivity index (χ4n) is 5.39. The van der Waals surface area contributed by atoms with Gasteiger partial charge in [0.2, 0.25) is 0 Å². The number of aliphatic carboxylic acids is 1. The number of hydrogen-bond donors (Lipinski definition) is 2. The zero-order valence-corrected chi connectivity index (χ0v) is 36.5. The Bertz CT molecular complexity index is 907. The number of ether oxygens (including phenoxy) is 1. The molecule has 52 heavy (non-hydrogen) atoms. The van der Waals surface area contributed by atoms with E-state index >= 15 is 0 Å². The molecule has 0 bridgehead atoms. The third-order valence-corrected chi connectivity index (χ3v) is 12.3. The lowest BCUT2D eigenvalue weighted by atomic mass is 10.1. The molecule has 304 valence electrons. The Hall–Kier alpha value is -1.58. The van der Waals surface area contributed by atoms with Gasteiger partial charge in [-0.25, -0.2) is 0 Å². The topological polar surface area (TPSA) is 79.2 Å². The highest BCUT2D eigenvalue weighted by Crippen LogP contribution is 2.22. The summed E-state index contributed by atoms with van der Waals surface area (Å²) in [5, 5.41) is 18.0. The van der Waals surface area contributed by atoms with Gasteiger partial charge in [0.1, 0.15) is 11.5 Å². The van der Waals surface area contributed by atoms with Crippen LogP contribution in [0.3, 0.4) is 0 Å². The summed E-state index contributed by atoms with van der Waals surface area (Å²) in [5.41, 5.74) is 0.